The first-order valence-electron chi connectivity index (χ1n) is 14.0. The molecule has 1 aliphatic heterocycles. The number of ether oxygens (including phenoxy) is 1. The van der Waals surface area contributed by atoms with Crippen molar-refractivity contribution in [3.8, 4) is 17.1 Å². The van der Waals surface area contributed by atoms with Crippen LogP contribution in [0.1, 0.15) is 48.6 Å². The fourth-order valence-corrected chi connectivity index (χ4v) is 5.10. The molecule has 9 nitrogen and oxygen atoms in total. The van der Waals surface area contributed by atoms with Crippen LogP contribution in [0.2, 0.25) is 0 Å². The maximum atomic E-state index is 13.0. The number of nitrogens with one attached hydrogen (secondary N) is 1. The van der Waals surface area contributed by atoms with E-state index in [0.29, 0.717) is 36.0 Å². The van der Waals surface area contributed by atoms with E-state index in [1.54, 1.807) is 12.4 Å². The molecule has 2 N–H and O–H groups in total. The fraction of sp³-hybridized carbons (Fsp3) is 0.419. The SMILES string of the molecule is CCCC(C)(CO)COc1ccnc(-c2ccnc(Cc3ccc4[nH]c(C(=O)N5CCN(C)CC5)cc4c3)n2)c1. The Morgan fingerprint density at radius 2 is 1.85 bits per heavy atom. The molecule has 1 atom stereocenters. The van der Waals surface area contributed by atoms with Crippen molar-refractivity contribution in [1.82, 2.24) is 29.7 Å². The van der Waals surface area contributed by atoms with Crippen LogP contribution in [0.25, 0.3) is 22.3 Å². The van der Waals surface area contributed by atoms with Gasteiger partial charge in [-0.2, -0.15) is 0 Å². The number of fused-ring (bicyclic) bond motifs is 1. The van der Waals surface area contributed by atoms with Gasteiger partial charge in [0.2, 0.25) is 0 Å². The summed E-state index contributed by atoms with van der Waals surface area (Å²) in [4.78, 5) is 34.2. The summed E-state index contributed by atoms with van der Waals surface area (Å²) in [7, 11) is 2.08. The third-order valence-electron chi connectivity index (χ3n) is 7.59. The predicted octanol–water partition coefficient (Wildman–Crippen LogP) is 4.18. The molecule has 5 rings (SSSR count). The third kappa shape index (κ3) is 6.48. The van der Waals surface area contributed by atoms with E-state index >= 15 is 0 Å². The molecule has 210 valence electrons. The standard InChI is InChI=1S/C31H38N6O3/c1-4-9-31(2,20-38)21-40-24-7-10-32-27(19-24)26-8-11-33-29(35-26)17-22-5-6-25-23(16-22)18-28(34-25)30(39)37-14-12-36(3)13-15-37/h5-8,10-11,16,18-19,34,38H,4,9,12-15,17,20-21H2,1-3H3. The van der Waals surface area contributed by atoms with Crippen LogP contribution in [0.3, 0.4) is 0 Å². The van der Waals surface area contributed by atoms with E-state index in [9.17, 15) is 9.90 Å². The average Bonchev–Trinajstić information content (AvgIpc) is 3.40. The van der Waals surface area contributed by atoms with Crippen LogP contribution >= 0.6 is 0 Å². The number of pyridine rings is 1. The number of hydrogen-bond donors (Lipinski definition) is 2. The Kier molecular flexibility index (Phi) is 8.42. The van der Waals surface area contributed by atoms with Crippen molar-refractivity contribution < 1.29 is 14.6 Å². The van der Waals surface area contributed by atoms with E-state index in [4.69, 9.17) is 9.72 Å². The summed E-state index contributed by atoms with van der Waals surface area (Å²) in [5, 5.41) is 10.8. The zero-order valence-electron chi connectivity index (χ0n) is 23.6. The number of benzene rings is 1. The van der Waals surface area contributed by atoms with Crippen molar-refractivity contribution in [3.05, 3.63) is 71.9 Å². The molecule has 0 spiro atoms. The zero-order valence-corrected chi connectivity index (χ0v) is 23.6. The minimum Gasteiger partial charge on any atom is -0.493 e. The first-order valence-corrected chi connectivity index (χ1v) is 14.0. The van der Waals surface area contributed by atoms with Crippen LogP contribution in [0, 0.1) is 5.41 Å². The first-order chi connectivity index (χ1) is 19.4. The molecule has 4 aromatic rings. The molecule has 3 aromatic heterocycles. The Balaban J connectivity index is 1.28. The van der Waals surface area contributed by atoms with Crippen molar-refractivity contribution in [1.29, 1.82) is 0 Å². The lowest BCUT2D eigenvalue weighted by molar-refractivity contribution is 0.0659. The number of piperazine rings is 1. The Bertz CT molecular complexity index is 1460. The molecule has 4 heterocycles. The molecule has 0 aliphatic carbocycles. The van der Waals surface area contributed by atoms with Crippen molar-refractivity contribution in [2.24, 2.45) is 5.41 Å². The van der Waals surface area contributed by atoms with E-state index in [1.165, 1.54) is 0 Å². The molecule has 1 saturated heterocycles. The minimum atomic E-state index is -0.278. The van der Waals surface area contributed by atoms with Gasteiger partial charge in [-0.3, -0.25) is 9.78 Å². The number of aromatic nitrogens is 4. The normalized spacial score (nSPS) is 15.8. The number of aliphatic hydroxyl groups is 1. The van der Waals surface area contributed by atoms with Gasteiger partial charge in [0.15, 0.2) is 0 Å². The van der Waals surface area contributed by atoms with Crippen LogP contribution in [-0.2, 0) is 6.42 Å². The van der Waals surface area contributed by atoms with Crippen molar-refractivity contribution in [3.63, 3.8) is 0 Å². The monoisotopic (exact) mass is 542 g/mol. The van der Waals surface area contributed by atoms with E-state index in [2.05, 4.69) is 39.9 Å². The molecule has 1 unspecified atom stereocenters. The summed E-state index contributed by atoms with van der Waals surface area (Å²) in [6.45, 7) is 7.93. The molecular formula is C31H38N6O3. The van der Waals surface area contributed by atoms with Crippen molar-refractivity contribution in [2.45, 2.75) is 33.1 Å². The van der Waals surface area contributed by atoms with Gasteiger partial charge in [-0.1, -0.05) is 26.3 Å². The van der Waals surface area contributed by atoms with Gasteiger partial charge < -0.3 is 24.6 Å². The van der Waals surface area contributed by atoms with Gasteiger partial charge in [-0.05, 0) is 49.4 Å². The molecular weight excluding hydrogens is 504 g/mol. The number of likely N-dealkylation sites (N-methyl/N-ethyl adjacent to an activating group) is 1. The number of amides is 1. The van der Waals surface area contributed by atoms with Gasteiger partial charge in [-0.15, -0.1) is 0 Å². The molecule has 1 aliphatic rings. The zero-order chi connectivity index (χ0) is 28.1. The Morgan fingerprint density at radius 3 is 2.62 bits per heavy atom. The van der Waals surface area contributed by atoms with Crippen LogP contribution in [0.15, 0.2) is 54.9 Å². The summed E-state index contributed by atoms with van der Waals surface area (Å²) in [5.41, 5.74) is 3.77. The maximum absolute atomic E-state index is 13.0. The quantitative estimate of drug-likeness (QED) is 0.310. The highest BCUT2D eigenvalue weighted by molar-refractivity contribution is 5.98. The Labute approximate surface area is 235 Å². The number of H-pyrrole nitrogens is 1. The largest absolute Gasteiger partial charge is 0.493 e. The number of rotatable bonds is 10. The summed E-state index contributed by atoms with van der Waals surface area (Å²) in [5.74, 6) is 1.43. The number of hydrogen-bond acceptors (Lipinski definition) is 7. The lowest BCUT2D eigenvalue weighted by Gasteiger charge is -2.32. The number of carbonyl (C=O) groups excluding carboxylic acids is 1. The first kappa shape index (κ1) is 27.7. The Hall–Kier alpha value is -3.82. The van der Waals surface area contributed by atoms with Gasteiger partial charge >= 0.3 is 0 Å². The van der Waals surface area contributed by atoms with Gasteiger partial charge in [-0.25, -0.2) is 9.97 Å². The number of nitrogens with zero attached hydrogens (tertiary/aromatic N) is 5. The summed E-state index contributed by atoms with van der Waals surface area (Å²) in [6, 6.07) is 13.6. The van der Waals surface area contributed by atoms with Crippen molar-refractivity contribution >= 4 is 16.8 Å². The van der Waals surface area contributed by atoms with Crippen LogP contribution in [0.4, 0.5) is 0 Å². The molecule has 40 heavy (non-hydrogen) atoms. The van der Waals surface area contributed by atoms with E-state index in [1.807, 2.05) is 48.2 Å². The highest BCUT2D eigenvalue weighted by atomic mass is 16.5. The van der Waals surface area contributed by atoms with Crippen LogP contribution in [-0.4, -0.2) is 87.2 Å². The molecule has 0 bridgehead atoms. The van der Waals surface area contributed by atoms with E-state index in [0.717, 1.165) is 61.2 Å². The van der Waals surface area contributed by atoms with E-state index in [-0.39, 0.29) is 17.9 Å². The molecule has 0 saturated carbocycles. The van der Waals surface area contributed by atoms with Gasteiger partial charge in [0.25, 0.3) is 5.91 Å². The lowest BCUT2D eigenvalue weighted by Crippen LogP contribution is -2.47. The minimum absolute atomic E-state index is 0.0481. The summed E-state index contributed by atoms with van der Waals surface area (Å²) >= 11 is 0. The number of aliphatic hydroxyl groups excluding tert-OH is 1. The second kappa shape index (κ2) is 12.1. The lowest BCUT2D eigenvalue weighted by atomic mass is 9.88. The van der Waals surface area contributed by atoms with Crippen molar-refractivity contribution in [2.75, 3.05) is 46.4 Å². The maximum Gasteiger partial charge on any atom is 0.270 e. The fourth-order valence-electron chi connectivity index (χ4n) is 5.10. The molecule has 0 radical (unpaired) electrons. The summed E-state index contributed by atoms with van der Waals surface area (Å²) in [6.07, 6.45) is 5.89. The Morgan fingerprint density at radius 1 is 1.05 bits per heavy atom. The highest BCUT2D eigenvalue weighted by Gasteiger charge is 2.24. The topological polar surface area (TPSA) is 107 Å². The van der Waals surface area contributed by atoms with Gasteiger partial charge in [0, 0.05) is 67.4 Å². The smallest absolute Gasteiger partial charge is 0.270 e. The predicted molar refractivity (Wildman–Crippen MR) is 155 cm³/mol. The van der Waals surface area contributed by atoms with Crippen LogP contribution < -0.4 is 4.74 Å². The van der Waals surface area contributed by atoms with Gasteiger partial charge in [0.1, 0.15) is 17.3 Å². The highest BCUT2D eigenvalue weighted by Crippen LogP contribution is 2.26. The molecule has 1 aromatic carbocycles. The number of aromatic amines is 1. The summed E-state index contributed by atoms with van der Waals surface area (Å²) < 4.78 is 6.03. The van der Waals surface area contributed by atoms with Gasteiger partial charge in [0.05, 0.1) is 24.6 Å². The van der Waals surface area contributed by atoms with E-state index < -0.39 is 0 Å². The number of carbonyl (C=O) groups is 1. The molecule has 1 fully saturated rings. The second-order valence-corrected chi connectivity index (χ2v) is 11.1. The van der Waals surface area contributed by atoms with Crippen LogP contribution in [0.5, 0.6) is 5.75 Å². The average molecular weight is 543 g/mol. The molecule has 9 heteroatoms. The molecule has 1 amide bonds. The third-order valence-corrected chi connectivity index (χ3v) is 7.59. The second-order valence-electron chi connectivity index (χ2n) is 11.1.